The Balaban J connectivity index is 2.50. The number of carbonyl (C=O) groups excluding carboxylic acids is 1. The lowest BCUT2D eigenvalue weighted by atomic mass is 10.2. The standard InChI is InChI=1S/C15H24N2O3/c1-3-5-9-19-14-7-6-12(11-13(14)16)15(18)20-10-8-17-4-2/h6-7,11,17H,3-5,8-10,16H2,1-2H3. The van der Waals surface area contributed by atoms with Crippen LogP contribution >= 0.6 is 0 Å². The van der Waals surface area contributed by atoms with Crippen LogP contribution in [0.25, 0.3) is 0 Å². The van der Waals surface area contributed by atoms with Gasteiger partial charge in [0.05, 0.1) is 17.9 Å². The fraction of sp³-hybridized carbons (Fsp3) is 0.533. The molecule has 3 N–H and O–H groups in total. The van der Waals surface area contributed by atoms with E-state index in [2.05, 4.69) is 12.2 Å². The molecule has 0 amide bonds. The number of esters is 1. The van der Waals surface area contributed by atoms with E-state index in [1.807, 2.05) is 6.92 Å². The van der Waals surface area contributed by atoms with Crippen molar-refractivity contribution in [2.75, 3.05) is 32.0 Å². The molecule has 0 heterocycles. The highest BCUT2D eigenvalue weighted by Gasteiger charge is 2.10. The maximum absolute atomic E-state index is 11.8. The van der Waals surface area contributed by atoms with E-state index < -0.39 is 0 Å². The second-order valence-electron chi connectivity index (χ2n) is 4.44. The monoisotopic (exact) mass is 280 g/mol. The SMILES string of the molecule is CCCCOc1ccc(C(=O)OCCNCC)cc1N. The van der Waals surface area contributed by atoms with Crippen molar-refractivity contribution in [2.45, 2.75) is 26.7 Å². The van der Waals surface area contributed by atoms with Gasteiger partial charge in [-0.3, -0.25) is 0 Å². The molecule has 0 saturated carbocycles. The van der Waals surface area contributed by atoms with Crippen molar-refractivity contribution in [3.63, 3.8) is 0 Å². The van der Waals surface area contributed by atoms with Gasteiger partial charge in [0.15, 0.2) is 0 Å². The second-order valence-corrected chi connectivity index (χ2v) is 4.44. The van der Waals surface area contributed by atoms with Crippen LogP contribution in [0.3, 0.4) is 0 Å². The first-order chi connectivity index (χ1) is 9.69. The van der Waals surface area contributed by atoms with Crippen molar-refractivity contribution < 1.29 is 14.3 Å². The summed E-state index contributed by atoms with van der Waals surface area (Å²) in [6.07, 6.45) is 2.05. The summed E-state index contributed by atoms with van der Waals surface area (Å²) in [5.74, 6) is 0.248. The van der Waals surface area contributed by atoms with Gasteiger partial charge < -0.3 is 20.5 Å². The number of carbonyl (C=O) groups is 1. The first-order valence-corrected chi connectivity index (χ1v) is 7.09. The Bertz CT molecular complexity index is 422. The van der Waals surface area contributed by atoms with Crippen molar-refractivity contribution in [2.24, 2.45) is 0 Å². The van der Waals surface area contributed by atoms with Gasteiger partial charge in [-0.1, -0.05) is 20.3 Å². The minimum absolute atomic E-state index is 0.349. The minimum Gasteiger partial charge on any atom is -0.491 e. The molecule has 0 aromatic heterocycles. The zero-order chi connectivity index (χ0) is 14.8. The number of nitrogens with two attached hydrogens (primary N) is 1. The van der Waals surface area contributed by atoms with Gasteiger partial charge in [0.25, 0.3) is 0 Å². The summed E-state index contributed by atoms with van der Waals surface area (Å²) in [6.45, 7) is 6.58. The Hall–Kier alpha value is -1.75. The third kappa shape index (κ3) is 5.48. The molecule has 0 unspecified atom stereocenters. The highest BCUT2D eigenvalue weighted by Crippen LogP contribution is 2.23. The van der Waals surface area contributed by atoms with Gasteiger partial charge in [-0.25, -0.2) is 4.79 Å². The minimum atomic E-state index is -0.366. The van der Waals surface area contributed by atoms with Crippen LogP contribution in [0, 0.1) is 0 Å². The number of nitrogen functional groups attached to an aromatic ring is 1. The van der Waals surface area contributed by atoms with E-state index in [9.17, 15) is 4.79 Å². The predicted molar refractivity (Wildman–Crippen MR) is 80.1 cm³/mol. The van der Waals surface area contributed by atoms with E-state index in [1.165, 1.54) is 0 Å². The summed E-state index contributed by atoms with van der Waals surface area (Å²) in [5, 5.41) is 3.08. The summed E-state index contributed by atoms with van der Waals surface area (Å²) in [7, 11) is 0. The van der Waals surface area contributed by atoms with Gasteiger partial charge in [-0.2, -0.15) is 0 Å². The Morgan fingerprint density at radius 3 is 2.75 bits per heavy atom. The molecule has 112 valence electrons. The zero-order valence-electron chi connectivity index (χ0n) is 12.3. The summed E-state index contributed by atoms with van der Waals surface area (Å²) in [5.41, 5.74) is 6.78. The van der Waals surface area contributed by atoms with Crippen LogP contribution in [0.4, 0.5) is 5.69 Å². The third-order valence-electron chi connectivity index (χ3n) is 2.76. The number of hydrogen-bond acceptors (Lipinski definition) is 5. The smallest absolute Gasteiger partial charge is 0.338 e. The van der Waals surface area contributed by atoms with E-state index in [0.29, 0.717) is 36.8 Å². The predicted octanol–water partition coefficient (Wildman–Crippen LogP) is 2.21. The van der Waals surface area contributed by atoms with Crippen molar-refractivity contribution in [1.82, 2.24) is 5.32 Å². The molecule has 0 radical (unpaired) electrons. The van der Waals surface area contributed by atoms with Crippen molar-refractivity contribution >= 4 is 11.7 Å². The van der Waals surface area contributed by atoms with Crippen molar-refractivity contribution in [3.8, 4) is 5.75 Å². The number of hydrogen-bond donors (Lipinski definition) is 2. The topological polar surface area (TPSA) is 73.6 Å². The Morgan fingerprint density at radius 1 is 1.30 bits per heavy atom. The summed E-state index contributed by atoms with van der Waals surface area (Å²) < 4.78 is 10.7. The van der Waals surface area contributed by atoms with Crippen LogP contribution in [-0.4, -0.2) is 32.3 Å². The Labute approximate surface area is 120 Å². The lowest BCUT2D eigenvalue weighted by Gasteiger charge is -2.10. The molecule has 0 aliphatic rings. The molecule has 0 aliphatic heterocycles. The molecule has 1 aromatic rings. The highest BCUT2D eigenvalue weighted by molar-refractivity contribution is 5.91. The zero-order valence-corrected chi connectivity index (χ0v) is 12.3. The van der Waals surface area contributed by atoms with E-state index >= 15 is 0 Å². The summed E-state index contributed by atoms with van der Waals surface area (Å²) in [6, 6.07) is 4.98. The first kappa shape index (κ1) is 16.3. The maximum Gasteiger partial charge on any atom is 0.338 e. The van der Waals surface area contributed by atoms with Gasteiger partial charge in [0.1, 0.15) is 12.4 Å². The van der Waals surface area contributed by atoms with E-state index in [0.717, 1.165) is 19.4 Å². The number of rotatable bonds is 9. The van der Waals surface area contributed by atoms with Gasteiger partial charge in [-0.05, 0) is 31.2 Å². The lowest BCUT2D eigenvalue weighted by molar-refractivity contribution is 0.0509. The van der Waals surface area contributed by atoms with Gasteiger partial charge >= 0.3 is 5.97 Å². The molecule has 0 aliphatic carbocycles. The summed E-state index contributed by atoms with van der Waals surface area (Å²) >= 11 is 0. The fourth-order valence-electron chi connectivity index (χ4n) is 1.61. The normalized spacial score (nSPS) is 10.3. The molecule has 5 nitrogen and oxygen atoms in total. The van der Waals surface area contributed by atoms with Crippen LogP contribution < -0.4 is 15.8 Å². The van der Waals surface area contributed by atoms with Crippen LogP contribution in [0.2, 0.25) is 0 Å². The molecule has 0 bridgehead atoms. The van der Waals surface area contributed by atoms with Crippen LogP contribution in [-0.2, 0) is 4.74 Å². The molecule has 0 fully saturated rings. The van der Waals surface area contributed by atoms with Crippen LogP contribution in [0.5, 0.6) is 5.75 Å². The first-order valence-electron chi connectivity index (χ1n) is 7.09. The number of ether oxygens (including phenoxy) is 2. The van der Waals surface area contributed by atoms with Crippen LogP contribution in [0.1, 0.15) is 37.0 Å². The molecular weight excluding hydrogens is 256 g/mol. The number of unbranched alkanes of at least 4 members (excludes halogenated alkanes) is 1. The molecule has 0 atom stereocenters. The number of anilines is 1. The largest absolute Gasteiger partial charge is 0.491 e. The summed E-state index contributed by atoms with van der Waals surface area (Å²) in [4.78, 5) is 11.8. The van der Waals surface area contributed by atoms with E-state index in [-0.39, 0.29) is 5.97 Å². The van der Waals surface area contributed by atoms with Crippen molar-refractivity contribution in [3.05, 3.63) is 23.8 Å². The van der Waals surface area contributed by atoms with Gasteiger partial charge in [-0.15, -0.1) is 0 Å². The maximum atomic E-state index is 11.8. The quantitative estimate of drug-likeness (QED) is 0.412. The van der Waals surface area contributed by atoms with E-state index in [4.69, 9.17) is 15.2 Å². The van der Waals surface area contributed by atoms with E-state index in [1.54, 1.807) is 18.2 Å². The van der Waals surface area contributed by atoms with Crippen LogP contribution in [0.15, 0.2) is 18.2 Å². The molecule has 20 heavy (non-hydrogen) atoms. The molecule has 0 saturated heterocycles. The third-order valence-corrected chi connectivity index (χ3v) is 2.76. The van der Waals surface area contributed by atoms with Gasteiger partial charge in [0.2, 0.25) is 0 Å². The molecular formula is C15H24N2O3. The van der Waals surface area contributed by atoms with Crippen molar-refractivity contribution in [1.29, 1.82) is 0 Å². The fourth-order valence-corrected chi connectivity index (χ4v) is 1.61. The average Bonchev–Trinajstić information content (AvgIpc) is 2.45. The Kier molecular flexibility index (Phi) is 7.50. The molecule has 1 aromatic carbocycles. The Morgan fingerprint density at radius 2 is 2.10 bits per heavy atom. The van der Waals surface area contributed by atoms with Gasteiger partial charge in [0, 0.05) is 6.54 Å². The average molecular weight is 280 g/mol. The molecule has 1 rings (SSSR count). The lowest BCUT2D eigenvalue weighted by Crippen LogP contribution is -2.21. The molecule has 0 spiro atoms. The number of likely N-dealkylation sites (N-methyl/N-ethyl adjacent to an activating group) is 1. The number of nitrogens with one attached hydrogen (secondary N) is 1. The molecule has 5 heteroatoms. The number of benzene rings is 1. The highest BCUT2D eigenvalue weighted by atomic mass is 16.5. The second kappa shape index (κ2) is 9.20.